The fraction of sp³-hybridized carbons (Fsp3) is 0.538. The smallest absolute Gasteiger partial charge is 0.462 e. The van der Waals surface area contributed by atoms with Crippen LogP contribution in [-0.4, -0.2) is 49.3 Å². The lowest BCUT2D eigenvalue weighted by Gasteiger charge is -2.19. The van der Waals surface area contributed by atoms with Gasteiger partial charge in [-0.25, -0.2) is 4.57 Å². The Labute approximate surface area is 215 Å². The van der Waals surface area contributed by atoms with Crippen LogP contribution < -0.4 is 5.73 Å². The third-order valence-corrected chi connectivity index (χ3v) is 5.24. The molecular formula is C26H42NO8P. The first-order valence-corrected chi connectivity index (χ1v) is 13.8. The number of rotatable bonds is 21. The highest BCUT2D eigenvalue weighted by Gasteiger charge is 2.25. The molecule has 0 aromatic heterocycles. The van der Waals surface area contributed by atoms with Gasteiger partial charge >= 0.3 is 19.8 Å². The summed E-state index contributed by atoms with van der Waals surface area (Å²) in [6, 6.07) is 0. The van der Waals surface area contributed by atoms with Crippen LogP contribution in [0.4, 0.5) is 0 Å². The highest BCUT2D eigenvalue weighted by molar-refractivity contribution is 7.47. The predicted octanol–water partition coefficient (Wildman–Crippen LogP) is 5.09. The van der Waals surface area contributed by atoms with E-state index in [0.29, 0.717) is 6.42 Å². The number of nitrogens with two attached hydrogens (primary N) is 1. The lowest BCUT2D eigenvalue weighted by atomic mass is 10.2. The summed E-state index contributed by atoms with van der Waals surface area (Å²) in [5, 5.41) is 0. The first-order valence-electron chi connectivity index (χ1n) is 12.3. The number of ether oxygens (including phenoxy) is 2. The molecule has 0 bridgehead atoms. The van der Waals surface area contributed by atoms with Crippen LogP contribution in [0, 0.1) is 0 Å². The monoisotopic (exact) mass is 527 g/mol. The minimum atomic E-state index is -4.36. The van der Waals surface area contributed by atoms with Gasteiger partial charge < -0.3 is 20.1 Å². The second-order valence-corrected chi connectivity index (χ2v) is 8.90. The van der Waals surface area contributed by atoms with E-state index in [0.717, 1.165) is 25.7 Å². The summed E-state index contributed by atoms with van der Waals surface area (Å²) in [5.74, 6) is -1.09. The van der Waals surface area contributed by atoms with Gasteiger partial charge in [0.2, 0.25) is 0 Å². The number of esters is 2. The first kappa shape index (κ1) is 33.7. The molecule has 0 spiro atoms. The lowest BCUT2D eigenvalue weighted by molar-refractivity contribution is -0.160. The number of hydrogen-bond donors (Lipinski definition) is 2. The quantitative estimate of drug-likeness (QED) is 0.119. The summed E-state index contributed by atoms with van der Waals surface area (Å²) in [4.78, 5) is 33.1. The van der Waals surface area contributed by atoms with Crippen LogP contribution in [0.15, 0.2) is 60.8 Å². The largest absolute Gasteiger partial charge is 0.472 e. The average Bonchev–Trinajstić information content (AvgIpc) is 2.86. The number of hydrogen-bond acceptors (Lipinski definition) is 8. The number of allylic oxidation sites excluding steroid dienone is 9. The lowest BCUT2D eigenvalue weighted by Crippen LogP contribution is -2.29. The van der Waals surface area contributed by atoms with Gasteiger partial charge in [0.1, 0.15) is 6.61 Å². The van der Waals surface area contributed by atoms with E-state index in [1.54, 1.807) is 13.0 Å². The minimum Gasteiger partial charge on any atom is -0.462 e. The van der Waals surface area contributed by atoms with E-state index in [4.69, 9.17) is 19.7 Å². The molecule has 0 aliphatic carbocycles. The Kier molecular flexibility index (Phi) is 21.7. The maximum atomic E-state index is 12.1. The van der Waals surface area contributed by atoms with Gasteiger partial charge in [0.25, 0.3) is 0 Å². The third kappa shape index (κ3) is 22.2. The molecule has 2 atom stereocenters. The van der Waals surface area contributed by atoms with E-state index in [1.165, 1.54) is 0 Å². The van der Waals surface area contributed by atoms with Gasteiger partial charge in [0.15, 0.2) is 6.10 Å². The Hall–Kier alpha value is -2.29. The van der Waals surface area contributed by atoms with Crippen LogP contribution in [0.3, 0.4) is 0 Å². The SMILES string of the molecule is CC/C=C\C/C=C\C/C=C\C/C=C\C/C=C\CC(=O)OC(COC(=O)CC)COP(=O)(O)OCCN. The van der Waals surface area contributed by atoms with Crippen LogP contribution in [0.5, 0.6) is 0 Å². The molecule has 0 radical (unpaired) electrons. The molecule has 10 heteroatoms. The fourth-order valence-electron chi connectivity index (χ4n) is 2.45. The third-order valence-electron chi connectivity index (χ3n) is 4.26. The molecule has 0 aliphatic rings. The predicted molar refractivity (Wildman–Crippen MR) is 141 cm³/mol. The maximum absolute atomic E-state index is 12.1. The zero-order valence-electron chi connectivity index (χ0n) is 21.5. The molecule has 0 heterocycles. The molecule has 2 unspecified atom stereocenters. The number of phosphoric acid groups is 1. The molecule has 0 aliphatic heterocycles. The summed E-state index contributed by atoms with van der Waals surface area (Å²) >= 11 is 0. The summed E-state index contributed by atoms with van der Waals surface area (Å²) in [6.07, 6.45) is 23.9. The number of phosphoric ester groups is 1. The number of carbonyl (C=O) groups is 2. The van der Waals surface area contributed by atoms with Crippen molar-refractivity contribution in [2.75, 3.05) is 26.4 Å². The van der Waals surface area contributed by atoms with Crippen molar-refractivity contribution in [3.05, 3.63) is 60.8 Å². The average molecular weight is 528 g/mol. The summed E-state index contributed by atoms with van der Waals surface area (Å²) < 4.78 is 31.4. The van der Waals surface area contributed by atoms with Crippen molar-refractivity contribution in [3.63, 3.8) is 0 Å². The van der Waals surface area contributed by atoms with E-state index in [9.17, 15) is 19.0 Å². The van der Waals surface area contributed by atoms with Crippen molar-refractivity contribution in [2.45, 2.75) is 64.9 Å². The van der Waals surface area contributed by atoms with Gasteiger partial charge in [0.05, 0.1) is 19.6 Å². The van der Waals surface area contributed by atoms with Crippen LogP contribution >= 0.6 is 7.82 Å². The van der Waals surface area contributed by atoms with Crippen LogP contribution in [0.1, 0.15) is 58.8 Å². The molecule has 0 amide bonds. The van der Waals surface area contributed by atoms with E-state index >= 15 is 0 Å². The zero-order valence-corrected chi connectivity index (χ0v) is 22.4. The molecule has 204 valence electrons. The second kappa shape index (κ2) is 23.1. The normalized spacial score (nSPS) is 14.9. The van der Waals surface area contributed by atoms with Gasteiger partial charge in [-0.05, 0) is 32.1 Å². The molecule has 9 nitrogen and oxygen atoms in total. The van der Waals surface area contributed by atoms with E-state index in [2.05, 4.69) is 47.9 Å². The van der Waals surface area contributed by atoms with Gasteiger partial charge in [-0.1, -0.05) is 74.6 Å². The Morgan fingerprint density at radius 1 is 0.806 bits per heavy atom. The van der Waals surface area contributed by atoms with Gasteiger partial charge in [0, 0.05) is 13.0 Å². The molecule has 0 saturated heterocycles. The van der Waals surface area contributed by atoms with Crippen molar-refractivity contribution >= 4 is 19.8 Å². The highest BCUT2D eigenvalue weighted by Crippen LogP contribution is 2.43. The van der Waals surface area contributed by atoms with E-state index < -0.39 is 32.5 Å². The van der Waals surface area contributed by atoms with Crippen LogP contribution in [0.25, 0.3) is 0 Å². The maximum Gasteiger partial charge on any atom is 0.472 e. The second-order valence-electron chi connectivity index (χ2n) is 7.45. The van der Waals surface area contributed by atoms with E-state index in [1.807, 2.05) is 18.2 Å². The summed E-state index contributed by atoms with van der Waals surface area (Å²) in [5.41, 5.74) is 5.23. The molecular weight excluding hydrogens is 485 g/mol. The van der Waals surface area contributed by atoms with Crippen molar-refractivity contribution in [3.8, 4) is 0 Å². The zero-order chi connectivity index (χ0) is 26.9. The van der Waals surface area contributed by atoms with Gasteiger partial charge in [-0.3, -0.25) is 18.6 Å². The Morgan fingerprint density at radius 2 is 1.33 bits per heavy atom. The van der Waals surface area contributed by atoms with Gasteiger partial charge in [-0.2, -0.15) is 0 Å². The summed E-state index contributed by atoms with van der Waals surface area (Å²) in [7, 11) is -4.36. The van der Waals surface area contributed by atoms with E-state index in [-0.39, 0.29) is 32.6 Å². The first-order chi connectivity index (χ1) is 17.3. The Bertz CT molecular complexity index is 789. The van der Waals surface area contributed by atoms with Crippen LogP contribution in [0.2, 0.25) is 0 Å². The Morgan fingerprint density at radius 3 is 1.83 bits per heavy atom. The van der Waals surface area contributed by atoms with Gasteiger partial charge in [-0.15, -0.1) is 0 Å². The van der Waals surface area contributed by atoms with Crippen LogP contribution in [-0.2, 0) is 32.7 Å². The molecule has 0 saturated carbocycles. The van der Waals surface area contributed by atoms with Crippen molar-refractivity contribution < 1.29 is 37.6 Å². The topological polar surface area (TPSA) is 134 Å². The highest BCUT2D eigenvalue weighted by atomic mass is 31.2. The molecule has 0 aromatic rings. The van der Waals surface area contributed by atoms with Crippen molar-refractivity contribution in [1.82, 2.24) is 0 Å². The molecule has 3 N–H and O–H groups in total. The minimum absolute atomic E-state index is 0.00773. The Balaban J connectivity index is 4.33. The number of carbonyl (C=O) groups excluding carboxylic acids is 2. The summed E-state index contributed by atoms with van der Waals surface area (Å²) in [6.45, 7) is 2.81. The molecule has 0 fully saturated rings. The van der Waals surface area contributed by atoms with Crippen molar-refractivity contribution in [2.24, 2.45) is 5.73 Å². The standard InChI is InChI=1S/C26H42NO8P/c1-3-5-6-7-8-9-10-11-12-13-14-15-16-17-18-19-26(29)35-24(22-32-25(28)4-2)23-34-36(30,31)33-21-20-27/h5-6,8-9,11-12,14-15,17-18,24H,3-4,7,10,13,16,19-23,27H2,1-2H3,(H,30,31)/b6-5-,9-8-,12-11-,15-14-,18-17-. The van der Waals surface area contributed by atoms with Crippen molar-refractivity contribution in [1.29, 1.82) is 0 Å². The molecule has 0 rings (SSSR count). The molecule has 36 heavy (non-hydrogen) atoms. The molecule has 0 aromatic carbocycles. The fourth-order valence-corrected chi connectivity index (χ4v) is 3.22.